The maximum Gasteiger partial charge on any atom is 0.251 e. The summed E-state index contributed by atoms with van der Waals surface area (Å²) in [6.45, 7) is 8.16. The van der Waals surface area contributed by atoms with Crippen molar-refractivity contribution in [1.82, 2.24) is 5.32 Å². The molecule has 0 aromatic heterocycles. The minimum atomic E-state index is -0.0339. The second-order valence-electron chi connectivity index (χ2n) is 5.96. The van der Waals surface area contributed by atoms with Gasteiger partial charge in [-0.15, -0.1) is 0 Å². The normalized spacial score (nSPS) is 11.9. The smallest absolute Gasteiger partial charge is 0.251 e. The molecule has 0 unspecified atom stereocenters. The van der Waals surface area contributed by atoms with Crippen LogP contribution in [0, 0.1) is 20.8 Å². The van der Waals surface area contributed by atoms with Crippen molar-refractivity contribution in [1.29, 1.82) is 0 Å². The quantitative estimate of drug-likeness (QED) is 0.883. The first-order valence-electron chi connectivity index (χ1n) is 7.99. The Bertz CT molecular complexity index is 707. The van der Waals surface area contributed by atoms with Crippen molar-refractivity contribution in [2.24, 2.45) is 0 Å². The molecule has 0 saturated carbocycles. The fraction of sp³-hybridized carbons (Fsp3) is 0.350. The van der Waals surface area contributed by atoms with Crippen LogP contribution in [0.4, 0.5) is 0 Å². The summed E-state index contributed by atoms with van der Waals surface area (Å²) in [5.41, 5.74) is 5.20. The molecule has 2 aromatic rings. The SMILES string of the molecule is CC[C@@H](NC(=O)c1ccc(C)c(C)c1)c1ccc(OC)c(C)c1. The van der Waals surface area contributed by atoms with E-state index in [2.05, 4.69) is 18.3 Å². The first kappa shape index (κ1) is 17.1. The molecule has 122 valence electrons. The van der Waals surface area contributed by atoms with E-state index < -0.39 is 0 Å². The molecule has 0 spiro atoms. The zero-order valence-corrected chi connectivity index (χ0v) is 14.6. The second kappa shape index (κ2) is 7.32. The van der Waals surface area contributed by atoms with Crippen LogP contribution in [0.15, 0.2) is 36.4 Å². The maximum atomic E-state index is 12.5. The van der Waals surface area contributed by atoms with E-state index in [-0.39, 0.29) is 11.9 Å². The molecule has 3 heteroatoms. The van der Waals surface area contributed by atoms with Crippen LogP contribution in [0.5, 0.6) is 5.75 Å². The summed E-state index contributed by atoms with van der Waals surface area (Å²) < 4.78 is 5.30. The van der Waals surface area contributed by atoms with E-state index in [0.717, 1.165) is 28.9 Å². The van der Waals surface area contributed by atoms with E-state index in [4.69, 9.17) is 4.74 Å². The molecule has 0 saturated heterocycles. The molecule has 2 rings (SSSR count). The highest BCUT2D eigenvalue weighted by Crippen LogP contribution is 2.24. The molecule has 3 nitrogen and oxygen atoms in total. The van der Waals surface area contributed by atoms with Gasteiger partial charge in [0.1, 0.15) is 5.75 Å². The van der Waals surface area contributed by atoms with Gasteiger partial charge in [0.05, 0.1) is 13.2 Å². The van der Waals surface area contributed by atoms with Gasteiger partial charge in [-0.1, -0.05) is 25.1 Å². The van der Waals surface area contributed by atoms with Gasteiger partial charge in [0.25, 0.3) is 5.91 Å². The highest BCUT2D eigenvalue weighted by atomic mass is 16.5. The minimum absolute atomic E-state index is 0.00582. The molecule has 1 amide bonds. The van der Waals surface area contributed by atoms with Crippen LogP contribution in [0.25, 0.3) is 0 Å². The van der Waals surface area contributed by atoms with Crippen molar-refractivity contribution >= 4 is 5.91 Å². The van der Waals surface area contributed by atoms with E-state index in [1.807, 2.05) is 51.1 Å². The lowest BCUT2D eigenvalue weighted by Gasteiger charge is -2.19. The minimum Gasteiger partial charge on any atom is -0.496 e. The van der Waals surface area contributed by atoms with Crippen LogP contribution in [-0.4, -0.2) is 13.0 Å². The first-order chi connectivity index (χ1) is 11.0. The van der Waals surface area contributed by atoms with Crippen molar-refractivity contribution in [2.45, 2.75) is 40.2 Å². The van der Waals surface area contributed by atoms with E-state index in [9.17, 15) is 4.79 Å². The Morgan fingerprint density at radius 2 is 1.78 bits per heavy atom. The summed E-state index contributed by atoms with van der Waals surface area (Å²) in [4.78, 5) is 12.5. The fourth-order valence-corrected chi connectivity index (χ4v) is 2.66. The molecule has 0 aliphatic heterocycles. The molecular weight excluding hydrogens is 286 g/mol. The topological polar surface area (TPSA) is 38.3 Å². The summed E-state index contributed by atoms with van der Waals surface area (Å²) in [5, 5.41) is 3.13. The van der Waals surface area contributed by atoms with Crippen LogP contribution >= 0.6 is 0 Å². The lowest BCUT2D eigenvalue weighted by atomic mass is 10.0. The van der Waals surface area contributed by atoms with E-state index in [0.29, 0.717) is 5.56 Å². The summed E-state index contributed by atoms with van der Waals surface area (Å²) in [6.07, 6.45) is 0.836. The van der Waals surface area contributed by atoms with Gasteiger partial charge in [0, 0.05) is 5.56 Å². The number of carbonyl (C=O) groups is 1. The zero-order chi connectivity index (χ0) is 17.0. The number of benzene rings is 2. The molecule has 0 bridgehead atoms. The second-order valence-corrected chi connectivity index (χ2v) is 5.96. The largest absolute Gasteiger partial charge is 0.496 e. The number of carbonyl (C=O) groups excluding carboxylic acids is 1. The third kappa shape index (κ3) is 3.92. The maximum absolute atomic E-state index is 12.5. The molecule has 0 radical (unpaired) electrons. The monoisotopic (exact) mass is 311 g/mol. The Hall–Kier alpha value is -2.29. The van der Waals surface area contributed by atoms with Gasteiger partial charge in [-0.05, 0) is 67.6 Å². The number of hydrogen-bond acceptors (Lipinski definition) is 2. The number of rotatable bonds is 5. The predicted octanol–water partition coefficient (Wildman–Crippen LogP) is 4.50. The van der Waals surface area contributed by atoms with Crippen LogP contribution in [0.2, 0.25) is 0 Å². The third-order valence-electron chi connectivity index (χ3n) is 4.30. The summed E-state index contributed by atoms with van der Waals surface area (Å²) in [6, 6.07) is 11.8. The number of nitrogens with one attached hydrogen (secondary N) is 1. The molecule has 2 aromatic carbocycles. The van der Waals surface area contributed by atoms with Gasteiger partial charge in [0.15, 0.2) is 0 Å². The standard InChI is InChI=1S/C20H25NO2/c1-6-18(16-9-10-19(23-5)15(4)12-16)21-20(22)17-8-7-13(2)14(3)11-17/h7-12,18H,6H2,1-5H3,(H,21,22)/t18-/m1/s1. The third-order valence-corrected chi connectivity index (χ3v) is 4.30. The number of aryl methyl sites for hydroxylation is 3. The van der Waals surface area contributed by atoms with Crippen LogP contribution in [0.1, 0.15) is 52.0 Å². The van der Waals surface area contributed by atoms with E-state index in [1.165, 1.54) is 5.56 Å². The van der Waals surface area contributed by atoms with Gasteiger partial charge in [-0.3, -0.25) is 4.79 Å². The first-order valence-corrected chi connectivity index (χ1v) is 7.99. The molecule has 0 fully saturated rings. The molecule has 0 aliphatic carbocycles. The van der Waals surface area contributed by atoms with Gasteiger partial charge in [-0.25, -0.2) is 0 Å². The molecule has 0 heterocycles. The van der Waals surface area contributed by atoms with Gasteiger partial charge in [-0.2, -0.15) is 0 Å². The summed E-state index contributed by atoms with van der Waals surface area (Å²) in [7, 11) is 1.67. The zero-order valence-electron chi connectivity index (χ0n) is 14.6. The summed E-state index contributed by atoms with van der Waals surface area (Å²) >= 11 is 0. The van der Waals surface area contributed by atoms with E-state index >= 15 is 0 Å². The Balaban J connectivity index is 2.19. The Morgan fingerprint density at radius 3 is 2.35 bits per heavy atom. The Kier molecular flexibility index (Phi) is 5.43. The van der Waals surface area contributed by atoms with Crippen molar-refractivity contribution in [3.63, 3.8) is 0 Å². The average Bonchev–Trinajstić information content (AvgIpc) is 2.54. The molecular formula is C20H25NO2. The summed E-state index contributed by atoms with van der Waals surface area (Å²) in [5.74, 6) is 0.831. The lowest BCUT2D eigenvalue weighted by Crippen LogP contribution is -2.28. The van der Waals surface area contributed by atoms with Crippen molar-refractivity contribution in [2.75, 3.05) is 7.11 Å². The van der Waals surface area contributed by atoms with Gasteiger partial charge in [0.2, 0.25) is 0 Å². The fourth-order valence-electron chi connectivity index (χ4n) is 2.66. The number of amides is 1. The molecule has 1 N–H and O–H groups in total. The Morgan fingerprint density at radius 1 is 1.04 bits per heavy atom. The number of hydrogen-bond donors (Lipinski definition) is 1. The van der Waals surface area contributed by atoms with Crippen molar-refractivity contribution in [3.05, 3.63) is 64.2 Å². The van der Waals surface area contributed by atoms with Gasteiger partial charge < -0.3 is 10.1 Å². The van der Waals surface area contributed by atoms with E-state index in [1.54, 1.807) is 7.11 Å². The molecule has 1 atom stereocenters. The average molecular weight is 311 g/mol. The highest BCUT2D eigenvalue weighted by molar-refractivity contribution is 5.94. The van der Waals surface area contributed by atoms with Gasteiger partial charge >= 0.3 is 0 Å². The number of ether oxygens (including phenoxy) is 1. The highest BCUT2D eigenvalue weighted by Gasteiger charge is 2.15. The van der Waals surface area contributed by atoms with Crippen molar-refractivity contribution < 1.29 is 9.53 Å². The Labute approximate surface area is 138 Å². The molecule has 0 aliphatic rings. The molecule has 23 heavy (non-hydrogen) atoms. The van der Waals surface area contributed by atoms with Crippen LogP contribution in [-0.2, 0) is 0 Å². The van der Waals surface area contributed by atoms with Crippen LogP contribution < -0.4 is 10.1 Å². The van der Waals surface area contributed by atoms with Crippen LogP contribution in [0.3, 0.4) is 0 Å². The lowest BCUT2D eigenvalue weighted by molar-refractivity contribution is 0.0935. The predicted molar refractivity (Wildman–Crippen MR) is 94.1 cm³/mol. The number of methoxy groups -OCH3 is 1. The van der Waals surface area contributed by atoms with Crippen molar-refractivity contribution in [3.8, 4) is 5.75 Å².